The number of amides is 1. The van der Waals surface area contributed by atoms with Crippen molar-refractivity contribution in [1.29, 1.82) is 0 Å². The molecule has 3 aromatic rings. The molecule has 0 unspecified atom stereocenters. The molecule has 25 heavy (non-hydrogen) atoms. The average Bonchev–Trinajstić information content (AvgIpc) is 3.22. The van der Waals surface area contributed by atoms with Crippen LogP contribution in [0.15, 0.2) is 37.1 Å². The van der Waals surface area contributed by atoms with E-state index < -0.39 is 12.1 Å². The Morgan fingerprint density at radius 1 is 1.32 bits per heavy atom. The van der Waals surface area contributed by atoms with Crippen LogP contribution in [0.1, 0.15) is 29.6 Å². The van der Waals surface area contributed by atoms with Crippen LogP contribution in [0.5, 0.6) is 0 Å². The van der Waals surface area contributed by atoms with Crippen molar-refractivity contribution in [3.63, 3.8) is 0 Å². The Balaban J connectivity index is 1.83. The molecule has 7 nitrogen and oxygen atoms in total. The molecule has 1 amide bonds. The van der Waals surface area contributed by atoms with Crippen LogP contribution in [-0.4, -0.2) is 37.7 Å². The number of hydrogen-bond acceptors (Lipinski definition) is 5. The number of nitrogens with zero attached hydrogens (tertiary/aromatic N) is 4. The molecule has 1 saturated carbocycles. The number of aromatic nitrogens is 4. The van der Waals surface area contributed by atoms with Gasteiger partial charge in [-0.25, -0.2) is 8.91 Å². The summed E-state index contributed by atoms with van der Waals surface area (Å²) in [6.07, 6.45) is 9.15. The van der Waals surface area contributed by atoms with E-state index in [9.17, 15) is 9.18 Å². The number of fused-ring (bicyclic) bond motifs is 1. The van der Waals surface area contributed by atoms with Gasteiger partial charge in [0.05, 0.1) is 40.9 Å². The molecule has 3 heterocycles. The molecule has 0 bridgehead atoms. The second-order valence-electron chi connectivity index (χ2n) is 6.14. The van der Waals surface area contributed by atoms with Crippen LogP contribution >= 0.6 is 0 Å². The molecule has 128 valence electrons. The number of nitrogens with one attached hydrogen (secondary N) is 1. The van der Waals surface area contributed by atoms with Crippen LogP contribution < -0.4 is 11.1 Å². The summed E-state index contributed by atoms with van der Waals surface area (Å²) in [5.74, 6) is -0.604. The maximum Gasteiger partial charge on any atom is 0.252 e. The van der Waals surface area contributed by atoms with E-state index in [4.69, 9.17) is 5.73 Å². The van der Waals surface area contributed by atoms with Crippen LogP contribution in [0.4, 0.5) is 10.1 Å². The first kappa shape index (κ1) is 15.5. The second kappa shape index (κ2) is 6.12. The fourth-order valence-corrected chi connectivity index (χ4v) is 3.25. The number of carbonyl (C=O) groups is 1. The zero-order valence-electron chi connectivity index (χ0n) is 13.4. The van der Waals surface area contributed by atoms with Gasteiger partial charge < -0.3 is 11.1 Å². The summed E-state index contributed by atoms with van der Waals surface area (Å²) in [5, 5.41) is 7.41. The Hall–Kier alpha value is -3.03. The van der Waals surface area contributed by atoms with Crippen molar-refractivity contribution in [1.82, 2.24) is 19.6 Å². The van der Waals surface area contributed by atoms with Crippen LogP contribution in [0.3, 0.4) is 0 Å². The third-order valence-corrected chi connectivity index (χ3v) is 4.52. The van der Waals surface area contributed by atoms with E-state index in [2.05, 4.69) is 20.4 Å². The molecule has 0 aliphatic heterocycles. The molecule has 0 aromatic carbocycles. The molecule has 3 aromatic heterocycles. The van der Waals surface area contributed by atoms with Crippen LogP contribution in [-0.2, 0) is 0 Å². The Morgan fingerprint density at radius 3 is 2.88 bits per heavy atom. The fraction of sp³-hybridized carbons (Fsp3) is 0.294. The van der Waals surface area contributed by atoms with Gasteiger partial charge in [0.2, 0.25) is 0 Å². The van der Waals surface area contributed by atoms with E-state index in [1.165, 1.54) is 6.20 Å². The molecule has 1 aliphatic rings. The third kappa shape index (κ3) is 2.79. The molecule has 1 fully saturated rings. The number of halogens is 1. The maximum atomic E-state index is 14.1. The van der Waals surface area contributed by atoms with Gasteiger partial charge >= 0.3 is 0 Å². The number of rotatable bonds is 4. The van der Waals surface area contributed by atoms with Crippen LogP contribution in [0, 0.1) is 0 Å². The summed E-state index contributed by atoms with van der Waals surface area (Å²) >= 11 is 0. The molecule has 0 radical (unpaired) electrons. The van der Waals surface area contributed by atoms with Gasteiger partial charge in [-0.05, 0) is 25.3 Å². The van der Waals surface area contributed by atoms with Crippen molar-refractivity contribution < 1.29 is 9.18 Å². The number of primary amides is 1. The minimum atomic E-state index is -0.941. The van der Waals surface area contributed by atoms with Gasteiger partial charge in [-0.2, -0.15) is 5.10 Å². The highest BCUT2D eigenvalue weighted by Gasteiger charge is 2.29. The van der Waals surface area contributed by atoms with E-state index in [0.29, 0.717) is 29.7 Å². The van der Waals surface area contributed by atoms with E-state index in [1.54, 1.807) is 29.3 Å². The first-order valence-corrected chi connectivity index (χ1v) is 8.11. The monoisotopic (exact) mass is 340 g/mol. The minimum Gasteiger partial charge on any atom is -0.377 e. The second-order valence-corrected chi connectivity index (χ2v) is 6.14. The summed E-state index contributed by atoms with van der Waals surface area (Å²) in [6, 6.07) is 1.51. The Kier molecular flexibility index (Phi) is 3.79. The molecule has 3 N–H and O–H groups in total. The predicted molar refractivity (Wildman–Crippen MR) is 90.9 cm³/mol. The van der Waals surface area contributed by atoms with Gasteiger partial charge in [0, 0.05) is 24.2 Å². The zero-order chi connectivity index (χ0) is 17.4. The molecular weight excluding hydrogens is 323 g/mol. The van der Waals surface area contributed by atoms with Gasteiger partial charge in [0.1, 0.15) is 6.17 Å². The van der Waals surface area contributed by atoms with Crippen molar-refractivity contribution in [2.75, 3.05) is 5.32 Å². The lowest BCUT2D eigenvalue weighted by molar-refractivity contribution is 0.100. The topological polar surface area (TPSA) is 98.2 Å². The summed E-state index contributed by atoms with van der Waals surface area (Å²) in [7, 11) is 0. The molecule has 4 rings (SSSR count). The highest BCUT2D eigenvalue weighted by Crippen LogP contribution is 2.31. The number of nitrogens with two attached hydrogens (primary N) is 1. The summed E-state index contributed by atoms with van der Waals surface area (Å²) in [6.45, 7) is 0. The van der Waals surface area contributed by atoms with Crippen LogP contribution in [0.25, 0.3) is 16.8 Å². The van der Waals surface area contributed by atoms with Gasteiger partial charge in [-0.3, -0.25) is 14.8 Å². The number of anilines is 1. The lowest BCUT2D eigenvalue weighted by atomic mass is 10.1. The molecular formula is C17H17FN6O. The lowest BCUT2D eigenvalue weighted by Crippen LogP contribution is -2.27. The van der Waals surface area contributed by atoms with Gasteiger partial charge in [0.25, 0.3) is 5.91 Å². The van der Waals surface area contributed by atoms with Crippen molar-refractivity contribution in [3.8, 4) is 11.3 Å². The molecule has 0 spiro atoms. The quantitative estimate of drug-likeness (QED) is 0.759. The third-order valence-electron chi connectivity index (χ3n) is 4.52. The van der Waals surface area contributed by atoms with E-state index in [1.807, 2.05) is 6.07 Å². The first-order valence-electron chi connectivity index (χ1n) is 8.11. The number of hydrogen-bond donors (Lipinski definition) is 2. The number of alkyl halides is 1. The lowest BCUT2D eigenvalue weighted by Gasteiger charge is -2.19. The standard InChI is InChI=1S/C17H17FN6O/c18-12-2-1-3-13(12)23-16-11(17(19)25)7-22-24-9-10(6-15(16)24)14-8-20-4-5-21-14/h4-9,12-13,23H,1-3H2,(H2,19,25)/t12-,13+/m0/s1. The fourth-order valence-electron chi connectivity index (χ4n) is 3.25. The van der Waals surface area contributed by atoms with E-state index in [-0.39, 0.29) is 11.6 Å². The first-order chi connectivity index (χ1) is 12.1. The molecule has 2 atom stereocenters. The van der Waals surface area contributed by atoms with Gasteiger partial charge in [-0.1, -0.05) is 0 Å². The maximum absolute atomic E-state index is 14.1. The van der Waals surface area contributed by atoms with Crippen molar-refractivity contribution in [3.05, 3.63) is 42.6 Å². The normalized spacial score (nSPS) is 20.0. The van der Waals surface area contributed by atoms with E-state index >= 15 is 0 Å². The summed E-state index contributed by atoms with van der Waals surface area (Å²) in [4.78, 5) is 20.1. The minimum absolute atomic E-state index is 0.246. The Labute approximate surface area is 143 Å². The van der Waals surface area contributed by atoms with E-state index in [0.717, 1.165) is 12.0 Å². The van der Waals surface area contributed by atoms with Crippen LogP contribution in [0.2, 0.25) is 0 Å². The van der Waals surface area contributed by atoms with Gasteiger partial charge in [0.15, 0.2) is 0 Å². The number of carbonyl (C=O) groups excluding carboxylic acids is 1. The predicted octanol–water partition coefficient (Wildman–Crippen LogP) is 2.19. The van der Waals surface area contributed by atoms with Crippen molar-refractivity contribution in [2.24, 2.45) is 5.73 Å². The molecule has 0 saturated heterocycles. The smallest absolute Gasteiger partial charge is 0.252 e. The highest BCUT2D eigenvalue weighted by atomic mass is 19.1. The van der Waals surface area contributed by atoms with Crippen molar-refractivity contribution >= 4 is 17.1 Å². The molecule has 1 aliphatic carbocycles. The van der Waals surface area contributed by atoms with Gasteiger partial charge in [-0.15, -0.1) is 0 Å². The van der Waals surface area contributed by atoms with Crippen molar-refractivity contribution in [2.45, 2.75) is 31.5 Å². The average molecular weight is 340 g/mol. The summed E-state index contributed by atoms with van der Waals surface area (Å²) < 4.78 is 15.7. The highest BCUT2D eigenvalue weighted by molar-refractivity contribution is 6.02. The zero-order valence-corrected chi connectivity index (χ0v) is 13.4. The SMILES string of the molecule is NC(=O)c1cnn2cc(-c3cnccn3)cc2c1N[C@@H]1CCC[C@@H]1F. The Morgan fingerprint density at radius 2 is 2.20 bits per heavy atom. The Bertz CT molecular complexity index is 926. The largest absolute Gasteiger partial charge is 0.377 e. The molecule has 8 heteroatoms. The summed E-state index contributed by atoms with van der Waals surface area (Å²) in [5.41, 5.74) is 8.37.